The van der Waals surface area contributed by atoms with Crippen molar-refractivity contribution in [1.82, 2.24) is 0 Å². The number of hydrogen-bond donors (Lipinski definition) is 0. The second-order valence-electron chi connectivity index (χ2n) is 4.98. The predicted octanol–water partition coefficient (Wildman–Crippen LogP) is 2.20. The number of amides is 1. The van der Waals surface area contributed by atoms with Gasteiger partial charge >= 0.3 is 0 Å². The number of aryl methyl sites for hydroxylation is 2. The highest BCUT2D eigenvalue weighted by molar-refractivity contribution is 6.53. The lowest BCUT2D eigenvalue weighted by molar-refractivity contribution is -0.122. The van der Waals surface area contributed by atoms with Gasteiger partial charge in [0.1, 0.15) is 0 Å². The minimum atomic E-state index is -0.599. The maximum absolute atomic E-state index is 12.1. The fourth-order valence-electron chi connectivity index (χ4n) is 2.58. The maximum atomic E-state index is 12.1. The van der Waals surface area contributed by atoms with E-state index in [9.17, 15) is 14.4 Å². The molecular formula is C15H17NO3. The minimum Gasteiger partial charge on any atom is -0.297 e. The highest BCUT2D eigenvalue weighted by Crippen LogP contribution is 2.34. The van der Waals surface area contributed by atoms with Crippen molar-refractivity contribution >= 4 is 23.2 Å². The molecule has 2 rings (SSSR count). The van der Waals surface area contributed by atoms with Gasteiger partial charge in [-0.3, -0.25) is 19.3 Å². The molecule has 4 nitrogen and oxygen atoms in total. The molecule has 0 saturated carbocycles. The molecule has 1 unspecified atom stereocenters. The first-order valence-electron chi connectivity index (χ1n) is 6.40. The average molecular weight is 259 g/mol. The molecule has 19 heavy (non-hydrogen) atoms. The van der Waals surface area contributed by atoms with Gasteiger partial charge in [-0.2, -0.15) is 0 Å². The SMILES string of the molecule is CCC(=O)C(C)N1C(=O)C(=O)c2c(C)cc(C)cc21. The molecule has 0 bridgehead atoms. The van der Waals surface area contributed by atoms with Crippen molar-refractivity contribution in [2.75, 3.05) is 4.90 Å². The monoisotopic (exact) mass is 259 g/mol. The number of ketones is 2. The Morgan fingerprint density at radius 1 is 1.26 bits per heavy atom. The van der Waals surface area contributed by atoms with Crippen LogP contribution in [0.4, 0.5) is 5.69 Å². The summed E-state index contributed by atoms with van der Waals surface area (Å²) in [5.41, 5.74) is 2.76. The fourth-order valence-corrected chi connectivity index (χ4v) is 2.58. The number of rotatable bonds is 3. The van der Waals surface area contributed by atoms with E-state index < -0.39 is 17.7 Å². The van der Waals surface area contributed by atoms with Crippen molar-refractivity contribution in [3.8, 4) is 0 Å². The number of nitrogens with zero attached hydrogens (tertiary/aromatic N) is 1. The third-order valence-electron chi connectivity index (χ3n) is 3.56. The van der Waals surface area contributed by atoms with Gasteiger partial charge in [0, 0.05) is 6.42 Å². The molecule has 0 spiro atoms. The van der Waals surface area contributed by atoms with Gasteiger partial charge in [-0.05, 0) is 38.0 Å². The molecule has 0 aliphatic carbocycles. The van der Waals surface area contributed by atoms with Crippen LogP contribution in [-0.4, -0.2) is 23.5 Å². The molecule has 1 heterocycles. The van der Waals surface area contributed by atoms with E-state index in [1.807, 2.05) is 19.9 Å². The highest BCUT2D eigenvalue weighted by Gasteiger charge is 2.41. The number of carbonyl (C=O) groups excluding carboxylic acids is 3. The molecule has 1 amide bonds. The molecule has 100 valence electrons. The van der Waals surface area contributed by atoms with Crippen molar-refractivity contribution in [3.05, 3.63) is 28.8 Å². The Labute approximate surface area is 112 Å². The lowest BCUT2D eigenvalue weighted by Gasteiger charge is -2.23. The smallest absolute Gasteiger partial charge is 0.297 e. The molecule has 1 aliphatic heterocycles. The molecule has 1 aliphatic rings. The molecule has 0 aromatic heterocycles. The first-order valence-corrected chi connectivity index (χ1v) is 6.40. The van der Waals surface area contributed by atoms with Gasteiger partial charge < -0.3 is 0 Å². The number of benzene rings is 1. The number of hydrogen-bond acceptors (Lipinski definition) is 3. The molecule has 4 heteroatoms. The Kier molecular flexibility index (Phi) is 3.27. The van der Waals surface area contributed by atoms with Crippen molar-refractivity contribution in [1.29, 1.82) is 0 Å². The summed E-state index contributed by atoms with van der Waals surface area (Å²) < 4.78 is 0. The quantitative estimate of drug-likeness (QED) is 0.782. The van der Waals surface area contributed by atoms with Crippen LogP contribution in [0.2, 0.25) is 0 Å². The molecule has 1 aromatic carbocycles. The van der Waals surface area contributed by atoms with Crippen LogP contribution in [0.5, 0.6) is 0 Å². The van der Waals surface area contributed by atoms with E-state index in [0.29, 0.717) is 17.7 Å². The Hall–Kier alpha value is -1.97. The lowest BCUT2D eigenvalue weighted by atomic mass is 10.0. The van der Waals surface area contributed by atoms with Crippen LogP contribution >= 0.6 is 0 Å². The molecule has 1 aromatic rings. The van der Waals surface area contributed by atoms with Gasteiger partial charge in [0.25, 0.3) is 11.7 Å². The summed E-state index contributed by atoms with van der Waals surface area (Å²) >= 11 is 0. The number of fused-ring (bicyclic) bond motifs is 1. The van der Waals surface area contributed by atoms with Crippen LogP contribution in [0.1, 0.15) is 41.8 Å². The normalized spacial score (nSPS) is 15.7. The summed E-state index contributed by atoms with van der Waals surface area (Å²) in [4.78, 5) is 37.3. The zero-order valence-electron chi connectivity index (χ0n) is 11.6. The van der Waals surface area contributed by atoms with Crippen molar-refractivity contribution in [2.24, 2.45) is 0 Å². The van der Waals surface area contributed by atoms with E-state index in [1.54, 1.807) is 19.9 Å². The standard InChI is InChI=1S/C15H17NO3/c1-5-12(17)10(4)16-11-7-8(2)6-9(3)13(11)14(18)15(16)19/h6-7,10H,5H2,1-4H3. The van der Waals surface area contributed by atoms with Gasteiger partial charge in [-0.15, -0.1) is 0 Å². The average Bonchev–Trinajstić information content (AvgIpc) is 2.60. The Balaban J connectivity index is 2.59. The van der Waals surface area contributed by atoms with E-state index in [1.165, 1.54) is 4.90 Å². The van der Waals surface area contributed by atoms with Gasteiger partial charge in [0.15, 0.2) is 5.78 Å². The van der Waals surface area contributed by atoms with Crippen LogP contribution in [-0.2, 0) is 9.59 Å². The van der Waals surface area contributed by atoms with Crippen molar-refractivity contribution in [2.45, 2.75) is 40.2 Å². The van der Waals surface area contributed by atoms with E-state index in [-0.39, 0.29) is 5.78 Å². The summed E-state index contributed by atoms with van der Waals surface area (Å²) in [6.45, 7) is 7.14. The Bertz CT molecular complexity index is 589. The number of Topliss-reactive ketones (excluding diaryl/α,β-unsaturated/α-hetero) is 2. The number of anilines is 1. The van der Waals surface area contributed by atoms with Crippen LogP contribution in [0, 0.1) is 13.8 Å². The van der Waals surface area contributed by atoms with Crippen LogP contribution < -0.4 is 4.90 Å². The van der Waals surface area contributed by atoms with Crippen molar-refractivity contribution in [3.63, 3.8) is 0 Å². The van der Waals surface area contributed by atoms with Crippen LogP contribution in [0.25, 0.3) is 0 Å². The lowest BCUT2D eigenvalue weighted by Crippen LogP contribution is -2.42. The third kappa shape index (κ3) is 1.97. The molecule has 1 atom stereocenters. The van der Waals surface area contributed by atoms with Crippen LogP contribution in [0.3, 0.4) is 0 Å². The summed E-state index contributed by atoms with van der Waals surface area (Å²) in [7, 11) is 0. The first-order chi connectivity index (χ1) is 8.88. The Morgan fingerprint density at radius 3 is 2.47 bits per heavy atom. The largest absolute Gasteiger partial charge is 0.300 e. The maximum Gasteiger partial charge on any atom is 0.300 e. The van der Waals surface area contributed by atoms with E-state index >= 15 is 0 Å². The van der Waals surface area contributed by atoms with Gasteiger partial charge in [0.2, 0.25) is 0 Å². The summed E-state index contributed by atoms with van der Waals surface area (Å²) in [6.07, 6.45) is 0.346. The second-order valence-corrected chi connectivity index (χ2v) is 4.98. The summed E-state index contributed by atoms with van der Waals surface area (Å²) in [5.74, 6) is -1.16. The highest BCUT2D eigenvalue weighted by atomic mass is 16.2. The summed E-state index contributed by atoms with van der Waals surface area (Å²) in [6, 6.07) is 3.08. The molecular weight excluding hydrogens is 242 g/mol. The van der Waals surface area contributed by atoms with E-state index in [2.05, 4.69) is 0 Å². The zero-order valence-corrected chi connectivity index (χ0v) is 11.6. The third-order valence-corrected chi connectivity index (χ3v) is 3.56. The minimum absolute atomic E-state index is 0.0480. The van der Waals surface area contributed by atoms with Crippen LogP contribution in [0.15, 0.2) is 12.1 Å². The van der Waals surface area contributed by atoms with E-state index in [0.717, 1.165) is 11.1 Å². The fraction of sp³-hybridized carbons (Fsp3) is 0.400. The number of carbonyl (C=O) groups is 3. The zero-order chi connectivity index (χ0) is 14.3. The topological polar surface area (TPSA) is 54.5 Å². The van der Waals surface area contributed by atoms with Gasteiger partial charge in [0.05, 0.1) is 17.3 Å². The van der Waals surface area contributed by atoms with Gasteiger partial charge in [-0.25, -0.2) is 0 Å². The van der Waals surface area contributed by atoms with Crippen molar-refractivity contribution < 1.29 is 14.4 Å². The molecule has 0 N–H and O–H groups in total. The predicted molar refractivity (Wildman–Crippen MR) is 72.5 cm³/mol. The first kappa shape index (κ1) is 13.5. The Morgan fingerprint density at radius 2 is 1.89 bits per heavy atom. The molecule has 0 fully saturated rings. The second kappa shape index (κ2) is 4.61. The van der Waals surface area contributed by atoms with E-state index in [4.69, 9.17) is 0 Å². The molecule has 0 saturated heterocycles. The summed E-state index contributed by atoms with van der Waals surface area (Å²) in [5, 5.41) is 0. The van der Waals surface area contributed by atoms with Gasteiger partial charge in [-0.1, -0.05) is 13.0 Å². The molecule has 0 radical (unpaired) electrons.